The molecule has 1 N–H and O–H groups in total. The quantitative estimate of drug-likeness (QED) is 0.791. The molecule has 2 aromatic carbocycles. The molecule has 100 valence electrons. The van der Waals surface area contributed by atoms with Gasteiger partial charge < -0.3 is 5.32 Å². The van der Waals surface area contributed by atoms with E-state index in [2.05, 4.69) is 64.0 Å². The fourth-order valence-electron chi connectivity index (χ4n) is 2.22. The van der Waals surface area contributed by atoms with Gasteiger partial charge in [0.1, 0.15) is 5.01 Å². The van der Waals surface area contributed by atoms with Crippen LogP contribution in [0, 0.1) is 0 Å². The highest BCUT2D eigenvalue weighted by Crippen LogP contribution is 2.34. The molecule has 0 amide bonds. The molecule has 0 bridgehead atoms. The lowest BCUT2D eigenvalue weighted by molar-refractivity contribution is 0.907. The van der Waals surface area contributed by atoms with Gasteiger partial charge in [0.25, 0.3) is 0 Å². The van der Waals surface area contributed by atoms with Crippen LogP contribution in [0.1, 0.15) is 22.1 Å². The van der Waals surface area contributed by atoms with Crippen molar-refractivity contribution < 1.29 is 0 Å². The molecule has 3 nitrogen and oxygen atoms in total. The molecule has 1 aromatic heterocycles. The Bertz CT molecular complexity index is 625. The van der Waals surface area contributed by atoms with Crippen molar-refractivity contribution in [1.82, 2.24) is 10.2 Å². The molecular formula is C16H15N3S. The molecule has 0 fully saturated rings. The van der Waals surface area contributed by atoms with Crippen LogP contribution in [0.25, 0.3) is 0 Å². The first-order valence-electron chi connectivity index (χ1n) is 6.49. The first kappa shape index (κ1) is 12.8. The topological polar surface area (TPSA) is 37.8 Å². The van der Waals surface area contributed by atoms with Crippen molar-refractivity contribution in [1.29, 1.82) is 0 Å². The number of rotatable bonds is 4. The molecule has 0 spiro atoms. The Morgan fingerprint density at radius 2 is 1.40 bits per heavy atom. The number of aromatic nitrogens is 2. The van der Waals surface area contributed by atoms with Crippen LogP contribution in [-0.2, 0) is 0 Å². The highest BCUT2D eigenvalue weighted by molar-refractivity contribution is 7.15. The monoisotopic (exact) mass is 281 g/mol. The zero-order chi connectivity index (χ0) is 13.8. The lowest BCUT2D eigenvalue weighted by atomic mass is 9.92. The van der Waals surface area contributed by atoms with Crippen molar-refractivity contribution in [2.45, 2.75) is 5.92 Å². The number of hydrogen-bond donors (Lipinski definition) is 1. The van der Waals surface area contributed by atoms with Gasteiger partial charge in [0.2, 0.25) is 5.13 Å². The van der Waals surface area contributed by atoms with Crippen molar-refractivity contribution in [3.05, 3.63) is 76.8 Å². The molecule has 0 saturated heterocycles. The highest BCUT2D eigenvalue weighted by Gasteiger charge is 2.20. The van der Waals surface area contributed by atoms with Crippen LogP contribution < -0.4 is 5.32 Å². The lowest BCUT2D eigenvalue weighted by Gasteiger charge is -2.14. The Morgan fingerprint density at radius 3 is 1.85 bits per heavy atom. The van der Waals surface area contributed by atoms with Gasteiger partial charge in [-0.2, -0.15) is 0 Å². The molecule has 0 atom stereocenters. The average Bonchev–Trinajstić information content (AvgIpc) is 2.98. The van der Waals surface area contributed by atoms with Gasteiger partial charge in [-0.15, -0.1) is 10.2 Å². The van der Waals surface area contributed by atoms with Crippen LogP contribution in [0.4, 0.5) is 5.13 Å². The number of benzene rings is 2. The van der Waals surface area contributed by atoms with Gasteiger partial charge in [-0.05, 0) is 11.1 Å². The third-order valence-electron chi connectivity index (χ3n) is 3.17. The second-order valence-corrected chi connectivity index (χ2v) is 5.46. The summed E-state index contributed by atoms with van der Waals surface area (Å²) >= 11 is 1.60. The van der Waals surface area contributed by atoms with Gasteiger partial charge in [-0.3, -0.25) is 0 Å². The van der Waals surface area contributed by atoms with E-state index in [4.69, 9.17) is 0 Å². The van der Waals surface area contributed by atoms with E-state index in [1.165, 1.54) is 11.1 Å². The largest absolute Gasteiger partial charge is 0.363 e. The Morgan fingerprint density at radius 1 is 0.850 bits per heavy atom. The molecule has 20 heavy (non-hydrogen) atoms. The molecule has 0 aliphatic rings. The van der Waals surface area contributed by atoms with Gasteiger partial charge in [-0.25, -0.2) is 0 Å². The third kappa shape index (κ3) is 2.56. The van der Waals surface area contributed by atoms with E-state index in [1.54, 1.807) is 11.3 Å². The number of nitrogens with zero attached hydrogens (tertiary/aromatic N) is 2. The maximum absolute atomic E-state index is 4.35. The predicted octanol–water partition coefficient (Wildman–Crippen LogP) is 3.76. The standard InChI is InChI=1S/C16H15N3S/c1-17-16-19-18-15(20-16)14(12-8-4-2-5-9-12)13-10-6-3-7-11-13/h2-11,14H,1H3,(H,17,19). The molecular weight excluding hydrogens is 266 g/mol. The Labute approximate surface area is 122 Å². The fraction of sp³-hybridized carbons (Fsp3) is 0.125. The first-order valence-corrected chi connectivity index (χ1v) is 7.31. The normalized spacial score (nSPS) is 10.7. The minimum Gasteiger partial charge on any atom is -0.363 e. The summed E-state index contributed by atoms with van der Waals surface area (Å²) in [7, 11) is 1.87. The molecule has 3 aromatic rings. The van der Waals surface area contributed by atoms with Crippen LogP contribution in [0.2, 0.25) is 0 Å². The molecule has 3 rings (SSSR count). The Hall–Kier alpha value is -2.20. The molecule has 0 radical (unpaired) electrons. The molecule has 1 heterocycles. The van der Waals surface area contributed by atoms with Crippen LogP contribution in [0.3, 0.4) is 0 Å². The molecule has 4 heteroatoms. The summed E-state index contributed by atoms with van der Waals surface area (Å²) in [6.45, 7) is 0. The third-order valence-corrected chi connectivity index (χ3v) is 4.17. The van der Waals surface area contributed by atoms with E-state index in [9.17, 15) is 0 Å². The minimum absolute atomic E-state index is 0.136. The number of nitrogens with one attached hydrogen (secondary N) is 1. The molecule has 0 aliphatic heterocycles. The Balaban J connectivity index is 2.09. The van der Waals surface area contributed by atoms with Crippen molar-refractivity contribution in [3.63, 3.8) is 0 Å². The van der Waals surface area contributed by atoms with Crippen molar-refractivity contribution in [2.75, 3.05) is 12.4 Å². The maximum atomic E-state index is 4.35. The summed E-state index contributed by atoms with van der Waals surface area (Å²) in [5, 5.41) is 13.4. The molecule has 0 unspecified atom stereocenters. The van der Waals surface area contributed by atoms with E-state index in [1.807, 2.05) is 19.2 Å². The summed E-state index contributed by atoms with van der Waals surface area (Å²) in [5.74, 6) is 0.136. The highest BCUT2D eigenvalue weighted by atomic mass is 32.1. The summed E-state index contributed by atoms with van der Waals surface area (Å²) in [5.41, 5.74) is 2.47. The zero-order valence-corrected chi connectivity index (χ0v) is 12.0. The Kier molecular flexibility index (Phi) is 3.74. The van der Waals surface area contributed by atoms with Gasteiger partial charge >= 0.3 is 0 Å². The fourth-order valence-corrected chi connectivity index (χ4v) is 3.07. The first-order chi connectivity index (χ1) is 9.88. The van der Waals surface area contributed by atoms with Gasteiger partial charge in [0.05, 0.1) is 5.92 Å². The van der Waals surface area contributed by atoms with Crippen LogP contribution in [0.15, 0.2) is 60.7 Å². The average molecular weight is 281 g/mol. The SMILES string of the molecule is CNc1nnc(C(c2ccccc2)c2ccccc2)s1. The van der Waals surface area contributed by atoms with Crippen molar-refractivity contribution in [3.8, 4) is 0 Å². The van der Waals surface area contributed by atoms with Gasteiger partial charge in [-0.1, -0.05) is 72.0 Å². The molecule has 0 aliphatic carbocycles. The smallest absolute Gasteiger partial charge is 0.205 e. The predicted molar refractivity (Wildman–Crippen MR) is 83.3 cm³/mol. The second-order valence-electron chi connectivity index (χ2n) is 4.45. The van der Waals surface area contributed by atoms with Crippen molar-refractivity contribution >= 4 is 16.5 Å². The van der Waals surface area contributed by atoms with Gasteiger partial charge in [0.15, 0.2) is 0 Å². The summed E-state index contributed by atoms with van der Waals surface area (Å²) in [6, 6.07) is 20.9. The summed E-state index contributed by atoms with van der Waals surface area (Å²) < 4.78 is 0. The van der Waals surface area contributed by atoms with Crippen LogP contribution >= 0.6 is 11.3 Å². The van der Waals surface area contributed by atoms with Crippen LogP contribution in [0.5, 0.6) is 0 Å². The minimum atomic E-state index is 0.136. The maximum Gasteiger partial charge on any atom is 0.205 e. The van der Waals surface area contributed by atoms with E-state index in [0.717, 1.165) is 10.1 Å². The number of anilines is 1. The van der Waals surface area contributed by atoms with E-state index >= 15 is 0 Å². The molecule has 0 saturated carbocycles. The zero-order valence-electron chi connectivity index (χ0n) is 11.2. The van der Waals surface area contributed by atoms with E-state index in [0.29, 0.717) is 0 Å². The summed E-state index contributed by atoms with van der Waals surface area (Å²) in [6.07, 6.45) is 0. The van der Waals surface area contributed by atoms with Crippen molar-refractivity contribution in [2.24, 2.45) is 0 Å². The number of hydrogen-bond acceptors (Lipinski definition) is 4. The summed E-state index contributed by atoms with van der Waals surface area (Å²) in [4.78, 5) is 0. The van der Waals surface area contributed by atoms with Gasteiger partial charge in [0, 0.05) is 7.05 Å². The van der Waals surface area contributed by atoms with E-state index < -0.39 is 0 Å². The van der Waals surface area contributed by atoms with E-state index in [-0.39, 0.29) is 5.92 Å². The lowest BCUT2D eigenvalue weighted by Crippen LogP contribution is -2.02. The van der Waals surface area contributed by atoms with Crippen LogP contribution in [-0.4, -0.2) is 17.2 Å². The second kappa shape index (κ2) is 5.84.